The molecule has 0 aliphatic rings. The van der Waals surface area contributed by atoms with E-state index in [0.717, 1.165) is 0 Å². The molecule has 0 saturated heterocycles. The van der Waals surface area contributed by atoms with E-state index in [0.29, 0.717) is 0 Å². The molecular formula is H6Al2O20P2S3. The zero-order valence-electron chi connectivity index (χ0n) is 11.7. The number of hydrogen-bond acceptors (Lipinski definition) is 14. The summed E-state index contributed by atoms with van der Waals surface area (Å²) in [5.74, 6) is 0. The van der Waals surface area contributed by atoms with Crippen LogP contribution in [0.2, 0.25) is 0 Å². The summed E-state index contributed by atoms with van der Waals surface area (Å²) in [5, 5.41) is 0. The first kappa shape index (κ1) is 46.2. The zero-order chi connectivity index (χ0) is 22.5. The van der Waals surface area contributed by atoms with E-state index in [-0.39, 0.29) is 34.7 Å². The van der Waals surface area contributed by atoms with Gasteiger partial charge in [-0.05, 0) is 0 Å². The second kappa shape index (κ2) is 18.9. The molecule has 0 aromatic rings. The summed E-state index contributed by atoms with van der Waals surface area (Å²) in [6, 6.07) is 0. The van der Waals surface area contributed by atoms with Gasteiger partial charge >= 0.3 is 50.4 Å². The van der Waals surface area contributed by atoms with Crippen LogP contribution >= 0.6 is 15.6 Å². The molecule has 0 aromatic carbocycles. The Morgan fingerprint density at radius 1 is 0.444 bits per heavy atom. The van der Waals surface area contributed by atoms with E-state index in [1.165, 1.54) is 0 Å². The molecule has 27 heteroatoms. The molecule has 160 valence electrons. The summed E-state index contributed by atoms with van der Waals surface area (Å²) in [4.78, 5) is 43.1. The molecular weight excluding hydrogens is 532 g/mol. The molecule has 6 N–H and O–H groups in total. The smallest absolute Gasteiger partial charge is 0.759 e. The molecule has 20 nitrogen and oxygen atoms in total. The van der Waals surface area contributed by atoms with E-state index >= 15 is 0 Å². The predicted molar refractivity (Wildman–Crippen MR) is 71.5 cm³/mol. The fraction of sp³-hybridized carbons (Fsp3) is 0. The minimum Gasteiger partial charge on any atom is -0.759 e. The Morgan fingerprint density at radius 2 is 0.444 bits per heavy atom. The standard InChI is InChI=1S/2Al.2H3O4P.3H2O4S/c;;5*1-5(2,3)4/h;;2*(H3,1,2,3,4);3*(H2,1,2,3,4)/q2*+3;;;;;/p-6. The van der Waals surface area contributed by atoms with Crippen molar-refractivity contribution < 1.29 is 91.1 Å². The topological polar surface area (TPSA) is 396 Å². The first-order valence-electron chi connectivity index (χ1n) is 3.57. The maximum Gasteiger partial charge on any atom is 3.00 e. The van der Waals surface area contributed by atoms with Crippen molar-refractivity contribution in [3.8, 4) is 0 Å². The van der Waals surface area contributed by atoms with Gasteiger partial charge in [-0.2, -0.15) is 0 Å². The molecule has 0 fully saturated rings. The minimum atomic E-state index is -5.17. The largest absolute Gasteiger partial charge is 3.00 e. The van der Waals surface area contributed by atoms with Crippen LogP contribution in [-0.4, -0.2) is 117 Å². The van der Waals surface area contributed by atoms with Crippen molar-refractivity contribution in [2.75, 3.05) is 0 Å². The van der Waals surface area contributed by atoms with Crippen molar-refractivity contribution in [3.63, 3.8) is 0 Å². The van der Waals surface area contributed by atoms with Crippen molar-refractivity contribution in [2.24, 2.45) is 0 Å². The average molecular weight is 538 g/mol. The van der Waals surface area contributed by atoms with Crippen LogP contribution in [-0.2, 0) is 40.3 Å². The van der Waals surface area contributed by atoms with Gasteiger partial charge in [-0.1, -0.05) is 0 Å². The van der Waals surface area contributed by atoms with E-state index in [1.807, 2.05) is 0 Å². The van der Waals surface area contributed by atoms with Gasteiger partial charge in [0, 0.05) is 31.2 Å². The quantitative estimate of drug-likeness (QED) is 0.0722. The summed E-state index contributed by atoms with van der Waals surface area (Å²) >= 11 is 0. The molecule has 0 spiro atoms. The number of phosphoric acid groups is 2. The third-order valence-corrected chi connectivity index (χ3v) is 0. The minimum absolute atomic E-state index is 0. The molecule has 0 saturated carbocycles. The fourth-order valence-corrected chi connectivity index (χ4v) is 0. The van der Waals surface area contributed by atoms with Crippen molar-refractivity contribution in [1.82, 2.24) is 0 Å². The van der Waals surface area contributed by atoms with Crippen LogP contribution < -0.4 is 0 Å². The Hall–Kier alpha value is 0.895. The molecule has 0 heterocycles. The molecule has 0 amide bonds. The Morgan fingerprint density at radius 3 is 0.444 bits per heavy atom. The molecule has 0 unspecified atom stereocenters. The van der Waals surface area contributed by atoms with Gasteiger partial charge in [0.1, 0.15) is 0 Å². The summed E-state index contributed by atoms with van der Waals surface area (Å²) in [5.41, 5.74) is 0. The van der Waals surface area contributed by atoms with Gasteiger partial charge in [0.05, 0.1) is 0 Å². The summed E-state index contributed by atoms with van der Waals surface area (Å²) < 4.78 is 120. The molecule has 0 aromatic heterocycles. The molecule has 0 aliphatic heterocycles. The van der Waals surface area contributed by atoms with E-state index < -0.39 is 46.8 Å². The SMILES string of the molecule is O=P(O)(O)O.O=P(O)(O)O.O=S(=O)([O-])[O-].O=S(=O)([O-])[O-].O=S(=O)([O-])[O-].[Al+3].[Al+3]. The van der Waals surface area contributed by atoms with Crippen LogP contribution in [0.25, 0.3) is 0 Å². The van der Waals surface area contributed by atoms with E-state index in [4.69, 9.17) is 91.1 Å². The van der Waals surface area contributed by atoms with Crippen LogP contribution in [0, 0.1) is 0 Å². The Labute approximate surface area is 172 Å². The third kappa shape index (κ3) is 20800. The van der Waals surface area contributed by atoms with Crippen LogP contribution in [0.15, 0.2) is 0 Å². The molecule has 0 atom stereocenters. The predicted octanol–water partition coefficient (Wildman–Crippen LogP) is -6.63. The van der Waals surface area contributed by atoms with Gasteiger partial charge in [0.15, 0.2) is 0 Å². The van der Waals surface area contributed by atoms with E-state index in [9.17, 15) is 0 Å². The van der Waals surface area contributed by atoms with Gasteiger partial charge < -0.3 is 56.7 Å². The van der Waals surface area contributed by atoms with E-state index in [2.05, 4.69) is 0 Å². The summed E-state index contributed by atoms with van der Waals surface area (Å²) in [6.45, 7) is 0. The first-order valence-corrected chi connectivity index (χ1v) is 10.7. The van der Waals surface area contributed by atoms with Crippen molar-refractivity contribution >= 4 is 81.6 Å². The normalized spacial score (nSPS) is 10.8. The maximum atomic E-state index is 8.88. The second-order valence-corrected chi connectivity index (χ2v) is 6.75. The molecule has 0 radical (unpaired) electrons. The van der Waals surface area contributed by atoms with Crippen molar-refractivity contribution in [2.45, 2.75) is 0 Å². The second-order valence-electron chi connectivity index (χ2n) is 2.25. The Kier molecular flexibility index (Phi) is 32.3. The van der Waals surface area contributed by atoms with Gasteiger partial charge in [-0.3, -0.25) is 25.3 Å². The average Bonchev–Trinajstić information content (AvgIpc) is 1.79. The van der Waals surface area contributed by atoms with Crippen molar-refractivity contribution in [3.05, 3.63) is 0 Å². The van der Waals surface area contributed by atoms with Gasteiger partial charge in [0.25, 0.3) is 0 Å². The monoisotopic (exact) mass is 538 g/mol. The van der Waals surface area contributed by atoms with Gasteiger partial charge in [0.2, 0.25) is 0 Å². The zero-order valence-corrected chi connectivity index (χ0v) is 18.2. The van der Waals surface area contributed by atoms with Crippen LogP contribution in [0.3, 0.4) is 0 Å². The third-order valence-electron chi connectivity index (χ3n) is 0. The molecule has 0 rings (SSSR count). The summed E-state index contributed by atoms with van der Waals surface area (Å²) in [7, 11) is -24.8. The first-order chi connectivity index (χ1) is 10.0. The Bertz CT molecular complexity index is 582. The van der Waals surface area contributed by atoms with Crippen LogP contribution in [0.4, 0.5) is 0 Å². The number of rotatable bonds is 0. The van der Waals surface area contributed by atoms with Crippen LogP contribution in [0.1, 0.15) is 0 Å². The fourth-order valence-electron chi connectivity index (χ4n) is 0. The summed E-state index contributed by atoms with van der Waals surface area (Å²) in [6.07, 6.45) is 0. The maximum absolute atomic E-state index is 8.88. The molecule has 27 heavy (non-hydrogen) atoms. The molecule has 0 aliphatic carbocycles. The van der Waals surface area contributed by atoms with Crippen LogP contribution in [0.5, 0.6) is 0 Å². The Balaban J connectivity index is -0.0000000364. The van der Waals surface area contributed by atoms with E-state index in [1.54, 1.807) is 0 Å². The van der Waals surface area contributed by atoms with Gasteiger partial charge in [-0.15, -0.1) is 0 Å². The van der Waals surface area contributed by atoms with Gasteiger partial charge in [-0.25, -0.2) is 9.13 Å². The molecule has 0 bridgehead atoms. The number of hydrogen-bond donors (Lipinski definition) is 6. The van der Waals surface area contributed by atoms with Crippen molar-refractivity contribution in [1.29, 1.82) is 0 Å².